The van der Waals surface area contributed by atoms with E-state index in [9.17, 15) is 0 Å². The maximum Gasteiger partial charge on any atom is 0.496 e. The van der Waals surface area contributed by atoms with Crippen molar-refractivity contribution in [3.8, 4) is 0 Å². The fourth-order valence-electron chi connectivity index (χ4n) is 2.61. The second-order valence-electron chi connectivity index (χ2n) is 6.70. The van der Waals surface area contributed by atoms with Crippen LogP contribution in [0.5, 0.6) is 0 Å². The normalized spacial score (nSPS) is 28.0. The standard InChI is InChI=1S/C15H22BNO3/c1-14(2)15(3,4)20-16(19-14)13-7-12(8-17-9-13)11-5-6-18-10-11/h7-9,11H,5-6,10H2,1-4H3. The Balaban J connectivity index is 1.83. The number of rotatable bonds is 2. The van der Waals surface area contributed by atoms with E-state index in [1.54, 1.807) is 0 Å². The highest BCUT2D eigenvalue weighted by Gasteiger charge is 2.51. The number of nitrogens with zero attached hydrogens (tertiary/aromatic N) is 1. The monoisotopic (exact) mass is 275 g/mol. The smallest absolute Gasteiger partial charge is 0.399 e. The minimum absolute atomic E-state index is 0.315. The molecule has 2 aliphatic heterocycles. The van der Waals surface area contributed by atoms with Crippen LogP contribution in [0.2, 0.25) is 0 Å². The fourth-order valence-corrected chi connectivity index (χ4v) is 2.61. The van der Waals surface area contributed by atoms with E-state index in [2.05, 4.69) is 38.7 Å². The van der Waals surface area contributed by atoms with Gasteiger partial charge in [0.05, 0.1) is 17.8 Å². The number of hydrogen-bond acceptors (Lipinski definition) is 4. The lowest BCUT2D eigenvalue weighted by Crippen LogP contribution is -2.41. The van der Waals surface area contributed by atoms with Gasteiger partial charge in [0, 0.05) is 30.4 Å². The molecule has 3 heterocycles. The van der Waals surface area contributed by atoms with E-state index in [1.165, 1.54) is 5.56 Å². The highest BCUT2D eigenvalue weighted by atomic mass is 16.7. The molecule has 2 aliphatic rings. The first-order valence-electron chi connectivity index (χ1n) is 7.27. The summed E-state index contributed by atoms with van der Waals surface area (Å²) in [5.74, 6) is 0.449. The number of ether oxygens (including phenoxy) is 1. The Hall–Kier alpha value is -0.905. The van der Waals surface area contributed by atoms with Crippen LogP contribution in [0.4, 0.5) is 0 Å². The molecule has 2 fully saturated rings. The summed E-state index contributed by atoms with van der Waals surface area (Å²) in [4.78, 5) is 4.35. The maximum absolute atomic E-state index is 6.07. The molecule has 0 N–H and O–H groups in total. The predicted octanol–water partition coefficient (Wildman–Crippen LogP) is 1.88. The zero-order valence-corrected chi connectivity index (χ0v) is 12.7. The summed E-state index contributed by atoms with van der Waals surface area (Å²) in [6, 6.07) is 2.15. The van der Waals surface area contributed by atoms with Crippen LogP contribution in [0, 0.1) is 0 Å². The van der Waals surface area contributed by atoms with Gasteiger partial charge < -0.3 is 14.0 Å². The van der Waals surface area contributed by atoms with Gasteiger partial charge in [0.1, 0.15) is 0 Å². The summed E-state index contributed by atoms with van der Waals surface area (Å²) in [5.41, 5.74) is 1.58. The first-order valence-corrected chi connectivity index (χ1v) is 7.27. The van der Waals surface area contributed by atoms with Crippen molar-refractivity contribution in [3.05, 3.63) is 24.0 Å². The van der Waals surface area contributed by atoms with Crippen molar-refractivity contribution in [1.82, 2.24) is 4.98 Å². The summed E-state index contributed by atoms with van der Waals surface area (Å²) in [7, 11) is -0.338. The average Bonchev–Trinajstić information content (AvgIpc) is 2.97. The van der Waals surface area contributed by atoms with Crippen molar-refractivity contribution in [2.24, 2.45) is 0 Å². The van der Waals surface area contributed by atoms with Gasteiger partial charge in [-0.25, -0.2) is 0 Å². The fraction of sp³-hybridized carbons (Fsp3) is 0.667. The van der Waals surface area contributed by atoms with E-state index in [0.717, 1.165) is 25.1 Å². The Labute approximate surface area is 121 Å². The molecule has 5 heteroatoms. The lowest BCUT2D eigenvalue weighted by molar-refractivity contribution is 0.00578. The van der Waals surface area contributed by atoms with Crippen molar-refractivity contribution in [1.29, 1.82) is 0 Å². The van der Waals surface area contributed by atoms with Crippen LogP contribution in [0.25, 0.3) is 0 Å². The summed E-state index contributed by atoms with van der Waals surface area (Å²) >= 11 is 0. The second kappa shape index (κ2) is 4.83. The van der Waals surface area contributed by atoms with E-state index in [-0.39, 0.29) is 18.3 Å². The van der Waals surface area contributed by atoms with Crippen LogP contribution >= 0.6 is 0 Å². The minimum Gasteiger partial charge on any atom is -0.399 e. The predicted molar refractivity (Wildman–Crippen MR) is 78.1 cm³/mol. The number of pyridine rings is 1. The number of hydrogen-bond donors (Lipinski definition) is 0. The topological polar surface area (TPSA) is 40.6 Å². The zero-order valence-electron chi connectivity index (χ0n) is 12.7. The molecule has 0 radical (unpaired) electrons. The third-order valence-corrected chi connectivity index (χ3v) is 4.71. The van der Waals surface area contributed by atoms with Crippen LogP contribution < -0.4 is 5.46 Å². The highest BCUT2D eigenvalue weighted by molar-refractivity contribution is 6.62. The molecule has 1 aromatic heterocycles. The first kappa shape index (κ1) is 14.0. The lowest BCUT2D eigenvalue weighted by atomic mass is 9.79. The molecule has 0 aliphatic carbocycles. The van der Waals surface area contributed by atoms with Crippen LogP contribution in [0.1, 0.15) is 45.6 Å². The van der Waals surface area contributed by atoms with Gasteiger partial charge in [-0.3, -0.25) is 4.98 Å². The summed E-state index contributed by atoms with van der Waals surface area (Å²) < 4.78 is 17.6. The van der Waals surface area contributed by atoms with E-state index >= 15 is 0 Å². The highest BCUT2D eigenvalue weighted by Crippen LogP contribution is 2.36. The van der Waals surface area contributed by atoms with Crippen LogP contribution in [0.15, 0.2) is 18.5 Å². The molecular formula is C15H22BNO3. The molecule has 1 unspecified atom stereocenters. The molecule has 4 nitrogen and oxygen atoms in total. The van der Waals surface area contributed by atoms with Gasteiger partial charge in [0.25, 0.3) is 0 Å². The Bertz CT molecular complexity index is 482. The lowest BCUT2D eigenvalue weighted by Gasteiger charge is -2.32. The van der Waals surface area contributed by atoms with Crippen molar-refractivity contribution < 1.29 is 14.0 Å². The van der Waals surface area contributed by atoms with Gasteiger partial charge in [-0.05, 0) is 39.7 Å². The summed E-state index contributed by atoms with van der Waals surface area (Å²) in [6.07, 6.45) is 4.82. The van der Waals surface area contributed by atoms with Gasteiger partial charge in [-0.1, -0.05) is 6.07 Å². The van der Waals surface area contributed by atoms with E-state index < -0.39 is 0 Å². The average molecular weight is 275 g/mol. The summed E-state index contributed by atoms with van der Waals surface area (Å²) in [6.45, 7) is 9.88. The summed E-state index contributed by atoms with van der Waals surface area (Å²) in [5, 5.41) is 0. The molecule has 108 valence electrons. The first-order chi connectivity index (χ1) is 9.39. The molecular weight excluding hydrogens is 253 g/mol. The van der Waals surface area contributed by atoms with Gasteiger partial charge in [-0.15, -0.1) is 0 Å². The third kappa shape index (κ3) is 2.38. The van der Waals surface area contributed by atoms with Crippen molar-refractivity contribution in [2.45, 2.75) is 51.2 Å². The van der Waals surface area contributed by atoms with Crippen LogP contribution in [-0.2, 0) is 14.0 Å². The molecule has 2 saturated heterocycles. The van der Waals surface area contributed by atoms with Crippen LogP contribution in [-0.4, -0.2) is 36.5 Å². The Kier molecular flexibility index (Phi) is 3.39. The van der Waals surface area contributed by atoms with Gasteiger partial charge in [0.15, 0.2) is 0 Å². The Morgan fingerprint density at radius 2 is 1.85 bits per heavy atom. The number of aromatic nitrogens is 1. The molecule has 3 rings (SSSR count). The third-order valence-electron chi connectivity index (χ3n) is 4.71. The van der Waals surface area contributed by atoms with Crippen molar-refractivity contribution in [3.63, 3.8) is 0 Å². The molecule has 0 bridgehead atoms. The SMILES string of the molecule is CC1(C)OB(c2cncc(C3CCOC3)c2)OC1(C)C. The molecule has 0 amide bonds. The second-order valence-corrected chi connectivity index (χ2v) is 6.70. The van der Waals surface area contributed by atoms with E-state index in [0.29, 0.717) is 5.92 Å². The maximum atomic E-state index is 6.07. The minimum atomic E-state index is -0.338. The van der Waals surface area contributed by atoms with Crippen LogP contribution in [0.3, 0.4) is 0 Å². The van der Waals surface area contributed by atoms with Crippen molar-refractivity contribution >= 4 is 12.6 Å². The Morgan fingerprint density at radius 1 is 1.15 bits per heavy atom. The van der Waals surface area contributed by atoms with E-state index in [4.69, 9.17) is 14.0 Å². The molecule has 0 saturated carbocycles. The molecule has 1 aromatic rings. The molecule has 20 heavy (non-hydrogen) atoms. The van der Waals surface area contributed by atoms with Gasteiger partial charge in [0.2, 0.25) is 0 Å². The quantitative estimate of drug-likeness (QED) is 0.773. The van der Waals surface area contributed by atoms with Gasteiger partial charge in [-0.2, -0.15) is 0 Å². The van der Waals surface area contributed by atoms with E-state index in [1.807, 2.05) is 12.4 Å². The van der Waals surface area contributed by atoms with Crippen molar-refractivity contribution in [2.75, 3.05) is 13.2 Å². The zero-order chi connectivity index (χ0) is 14.4. The molecule has 1 atom stereocenters. The molecule has 0 spiro atoms. The molecule has 0 aromatic carbocycles. The van der Waals surface area contributed by atoms with Gasteiger partial charge >= 0.3 is 7.12 Å². The Morgan fingerprint density at radius 3 is 2.45 bits per heavy atom. The largest absolute Gasteiger partial charge is 0.496 e.